The van der Waals surface area contributed by atoms with Crippen LogP contribution in [0.2, 0.25) is 0 Å². The minimum absolute atomic E-state index is 0.206. The maximum atomic E-state index is 9.10. The van der Waals surface area contributed by atoms with Crippen molar-refractivity contribution in [3.05, 3.63) is 59.0 Å². The van der Waals surface area contributed by atoms with Gasteiger partial charge in [0.2, 0.25) is 0 Å². The Kier molecular flexibility index (Phi) is 3.24. The molecule has 19 heavy (non-hydrogen) atoms. The number of oxime groups is 1. The molecule has 1 heterocycles. The summed E-state index contributed by atoms with van der Waals surface area (Å²) < 4.78 is 2.52. The molecule has 0 saturated heterocycles. The zero-order valence-electron chi connectivity index (χ0n) is 10.5. The van der Waals surface area contributed by atoms with E-state index in [9.17, 15) is 0 Å². The first-order valence-electron chi connectivity index (χ1n) is 6.07. The Morgan fingerprint density at radius 1 is 1.00 bits per heavy atom. The van der Waals surface area contributed by atoms with Gasteiger partial charge in [-0.2, -0.15) is 0 Å². The molecule has 0 spiro atoms. The average Bonchev–Trinajstić information content (AvgIpc) is 2.86. The van der Waals surface area contributed by atoms with Crippen molar-refractivity contribution in [3.63, 3.8) is 0 Å². The van der Waals surface area contributed by atoms with Crippen molar-refractivity contribution in [2.75, 3.05) is 0 Å². The van der Waals surface area contributed by atoms with E-state index in [4.69, 9.17) is 5.21 Å². The third kappa shape index (κ3) is 2.12. The van der Waals surface area contributed by atoms with E-state index >= 15 is 0 Å². The van der Waals surface area contributed by atoms with E-state index in [0.717, 1.165) is 5.71 Å². The number of nitrogens with zero attached hydrogens (tertiary/aromatic N) is 1. The summed E-state index contributed by atoms with van der Waals surface area (Å²) in [5, 5.41) is 13.8. The van der Waals surface area contributed by atoms with Crippen LogP contribution in [0.5, 0.6) is 0 Å². The van der Waals surface area contributed by atoms with E-state index in [2.05, 4.69) is 41.6 Å². The van der Waals surface area contributed by atoms with Crippen LogP contribution in [0.25, 0.3) is 20.8 Å². The fourth-order valence-corrected chi connectivity index (χ4v) is 4.68. The first-order valence-corrected chi connectivity index (χ1v) is 7.78. The van der Waals surface area contributed by atoms with Gasteiger partial charge in [0, 0.05) is 0 Å². The second-order valence-corrected chi connectivity index (χ2v) is 6.56. The molecule has 3 heteroatoms. The van der Waals surface area contributed by atoms with E-state index in [1.807, 2.05) is 25.1 Å². The number of fused-ring (bicyclic) bond motifs is 1. The van der Waals surface area contributed by atoms with E-state index in [-0.39, 0.29) is 14.5 Å². The number of hydrogen-bond donors (Lipinski definition) is 1. The monoisotopic (exact) mass is 315 g/mol. The van der Waals surface area contributed by atoms with Gasteiger partial charge in [0.25, 0.3) is 0 Å². The topological polar surface area (TPSA) is 32.6 Å². The van der Waals surface area contributed by atoms with Crippen molar-refractivity contribution in [2.24, 2.45) is 5.16 Å². The summed E-state index contributed by atoms with van der Waals surface area (Å²) in [5.74, 6) is 0. The molecule has 94 valence electrons. The molecule has 2 nitrogen and oxygen atoms in total. The summed E-state index contributed by atoms with van der Waals surface area (Å²) in [5.41, 5.74) is 3.12. The number of hydrogen-bond acceptors (Lipinski definition) is 2. The predicted octanol–water partition coefficient (Wildman–Crippen LogP) is 3.76. The zero-order valence-corrected chi connectivity index (χ0v) is 12.2. The molecule has 0 aliphatic carbocycles. The summed E-state index contributed by atoms with van der Waals surface area (Å²) in [6.45, 7) is 1.87. The van der Waals surface area contributed by atoms with Gasteiger partial charge in [0.15, 0.2) is 0 Å². The van der Waals surface area contributed by atoms with Gasteiger partial charge >= 0.3 is 117 Å². The van der Waals surface area contributed by atoms with Crippen LogP contribution in [0.15, 0.2) is 59.8 Å². The minimum atomic E-state index is 0.206. The number of benzene rings is 2. The summed E-state index contributed by atoms with van der Waals surface area (Å²) in [6, 6.07) is 18.8. The molecule has 0 fully saturated rings. The van der Waals surface area contributed by atoms with Crippen LogP contribution in [-0.4, -0.2) is 25.4 Å². The quantitative estimate of drug-likeness (QED) is 0.332. The van der Waals surface area contributed by atoms with Crippen molar-refractivity contribution in [2.45, 2.75) is 6.92 Å². The summed E-state index contributed by atoms with van der Waals surface area (Å²) >= 11 is 0.206. The maximum absolute atomic E-state index is 9.10. The Hall–Kier alpha value is -1.83. The molecule has 1 N–H and O–H groups in total. The Bertz CT molecular complexity index is 744. The third-order valence-corrected chi connectivity index (χ3v) is 5.82. The normalized spacial score (nSPS) is 11.9. The second kappa shape index (κ2) is 5.04. The molecule has 0 unspecified atom stereocenters. The van der Waals surface area contributed by atoms with Gasteiger partial charge in [0.1, 0.15) is 0 Å². The Labute approximate surface area is 117 Å². The van der Waals surface area contributed by atoms with Crippen LogP contribution < -0.4 is 0 Å². The van der Waals surface area contributed by atoms with E-state index in [1.165, 1.54) is 25.2 Å². The molecule has 0 saturated carbocycles. The van der Waals surface area contributed by atoms with Crippen LogP contribution in [0, 0.1) is 0 Å². The summed E-state index contributed by atoms with van der Waals surface area (Å²) in [4.78, 5) is 0. The first-order chi connectivity index (χ1) is 9.31. The van der Waals surface area contributed by atoms with Crippen molar-refractivity contribution >= 4 is 29.9 Å². The fourth-order valence-electron chi connectivity index (χ4n) is 2.24. The molecule has 0 amide bonds. The first kappa shape index (κ1) is 12.2. The van der Waals surface area contributed by atoms with Gasteiger partial charge < -0.3 is 0 Å². The van der Waals surface area contributed by atoms with Crippen molar-refractivity contribution in [1.29, 1.82) is 0 Å². The van der Waals surface area contributed by atoms with Crippen LogP contribution in [0.3, 0.4) is 0 Å². The van der Waals surface area contributed by atoms with Gasteiger partial charge in [0.05, 0.1) is 0 Å². The van der Waals surface area contributed by atoms with Gasteiger partial charge in [-0.1, -0.05) is 0 Å². The molecule has 0 bridgehead atoms. The molecule has 0 atom stereocenters. The molecule has 2 aromatic carbocycles. The molecule has 3 rings (SSSR count). The second-order valence-electron chi connectivity index (χ2n) is 4.35. The van der Waals surface area contributed by atoms with Crippen LogP contribution in [0.4, 0.5) is 0 Å². The van der Waals surface area contributed by atoms with Gasteiger partial charge in [-0.15, -0.1) is 0 Å². The third-order valence-electron chi connectivity index (χ3n) is 3.14. The molecular weight excluding hydrogens is 301 g/mol. The van der Waals surface area contributed by atoms with Crippen LogP contribution >= 0.6 is 0 Å². The average molecular weight is 314 g/mol. The molecular formula is C16H13NOSe. The van der Waals surface area contributed by atoms with Crippen LogP contribution in [-0.2, 0) is 0 Å². The zero-order chi connectivity index (χ0) is 13.2. The fraction of sp³-hybridized carbons (Fsp3) is 0.0625. The SMILES string of the molecule is C/C(=N\O)c1[se]c2ccccc2c1-c1ccccc1. The van der Waals surface area contributed by atoms with E-state index in [1.54, 1.807) is 0 Å². The van der Waals surface area contributed by atoms with Crippen molar-refractivity contribution < 1.29 is 5.21 Å². The molecule has 3 aromatic rings. The Balaban J connectivity index is 2.37. The van der Waals surface area contributed by atoms with Gasteiger partial charge in [-0.25, -0.2) is 0 Å². The van der Waals surface area contributed by atoms with Crippen molar-refractivity contribution in [3.8, 4) is 11.1 Å². The standard InChI is InChI=1S/C16H13NOSe/c1-11(17-18)16-15(12-7-3-2-4-8-12)13-9-5-6-10-14(13)19-16/h2-10,18H,1H3/b17-11+. The van der Waals surface area contributed by atoms with E-state index in [0.29, 0.717) is 0 Å². The summed E-state index contributed by atoms with van der Waals surface area (Å²) in [6.07, 6.45) is 0. The molecule has 0 aliphatic rings. The Morgan fingerprint density at radius 3 is 2.42 bits per heavy atom. The molecule has 0 radical (unpaired) electrons. The number of rotatable bonds is 2. The molecule has 1 aromatic heterocycles. The van der Waals surface area contributed by atoms with Gasteiger partial charge in [-0.05, 0) is 0 Å². The Morgan fingerprint density at radius 2 is 1.68 bits per heavy atom. The van der Waals surface area contributed by atoms with E-state index < -0.39 is 0 Å². The predicted molar refractivity (Wildman–Crippen MR) is 80.3 cm³/mol. The molecule has 0 aliphatic heterocycles. The van der Waals surface area contributed by atoms with Crippen LogP contribution in [0.1, 0.15) is 11.4 Å². The van der Waals surface area contributed by atoms with Gasteiger partial charge in [-0.3, -0.25) is 0 Å². The van der Waals surface area contributed by atoms with Crippen molar-refractivity contribution in [1.82, 2.24) is 0 Å². The summed E-state index contributed by atoms with van der Waals surface area (Å²) in [7, 11) is 0.